The van der Waals surface area contributed by atoms with Crippen molar-refractivity contribution >= 4 is 17.9 Å². The molecule has 0 bridgehead atoms. The summed E-state index contributed by atoms with van der Waals surface area (Å²) in [5.41, 5.74) is 0. The molecule has 2 atom stereocenters. The summed E-state index contributed by atoms with van der Waals surface area (Å²) >= 11 is 0. The van der Waals surface area contributed by atoms with E-state index >= 15 is 0 Å². The number of esters is 2. The highest BCUT2D eigenvalue weighted by molar-refractivity contribution is 5.72. The summed E-state index contributed by atoms with van der Waals surface area (Å²) in [7, 11) is 5.51. The van der Waals surface area contributed by atoms with Crippen LogP contribution < -0.4 is 0 Å². The Morgan fingerprint density at radius 3 is 1.41 bits per heavy atom. The SMILES string of the molecule is CCCCCCCCCCCCCCC(=O)OC(COCCC(C(=O)O)[N+](C)(C)C)COC(=O)CCCCCCCCCC. The first kappa shape index (κ1) is 42.3. The second-order valence-electron chi connectivity index (χ2n) is 13.5. The van der Waals surface area contributed by atoms with E-state index in [1.54, 1.807) is 0 Å². The number of carboxylic acids is 1. The number of hydrogen-bond donors (Lipinski definition) is 1. The lowest BCUT2D eigenvalue weighted by atomic mass is 10.0. The predicted octanol–water partition coefficient (Wildman–Crippen LogP) is 8.63. The molecule has 0 aromatic rings. The van der Waals surface area contributed by atoms with Crippen LogP contribution in [0.25, 0.3) is 0 Å². The summed E-state index contributed by atoms with van der Waals surface area (Å²) in [6.45, 7) is 4.70. The fourth-order valence-electron chi connectivity index (χ4n) is 5.38. The number of carbonyl (C=O) groups excluding carboxylic acids is 2. The number of ether oxygens (including phenoxy) is 3. The number of quaternary nitrogens is 1. The quantitative estimate of drug-likeness (QED) is 0.0452. The maximum atomic E-state index is 12.6. The van der Waals surface area contributed by atoms with Crippen LogP contribution in [-0.4, -0.2) is 80.6 Å². The molecule has 0 spiro atoms. The monoisotopic (exact) mass is 629 g/mol. The van der Waals surface area contributed by atoms with Crippen LogP contribution in [0.5, 0.6) is 0 Å². The summed E-state index contributed by atoms with van der Waals surface area (Å²) in [5, 5.41) is 9.55. The van der Waals surface area contributed by atoms with Crippen molar-refractivity contribution in [3.05, 3.63) is 0 Å². The molecule has 0 amide bonds. The number of aliphatic carboxylic acids is 1. The predicted molar refractivity (Wildman–Crippen MR) is 179 cm³/mol. The van der Waals surface area contributed by atoms with Gasteiger partial charge in [-0.3, -0.25) is 9.59 Å². The van der Waals surface area contributed by atoms with Crippen molar-refractivity contribution in [1.82, 2.24) is 0 Å². The summed E-state index contributed by atoms with van der Waals surface area (Å²) in [5.74, 6) is -1.46. The summed E-state index contributed by atoms with van der Waals surface area (Å²) in [6.07, 6.45) is 24.3. The van der Waals surface area contributed by atoms with E-state index in [4.69, 9.17) is 14.2 Å². The Morgan fingerprint density at radius 2 is 1.00 bits per heavy atom. The molecule has 260 valence electrons. The number of rotatable bonds is 32. The summed E-state index contributed by atoms with van der Waals surface area (Å²) in [4.78, 5) is 36.6. The topological polar surface area (TPSA) is 99.1 Å². The molecule has 0 fully saturated rings. The van der Waals surface area contributed by atoms with E-state index in [2.05, 4.69) is 13.8 Å². The van der Waals surface area contributed by atoms with Crippen LogP contribution in [-0.2, 0) is 28.6 Å². The minimum atomic E-state index is -0.874. The lowest BCUT2D eigenvalue weighted by Gasteiger charge is -2.31. The van der Waals surface area contributed by atoms with Gasteiger partial charge in [0.15, 0.2) is 12.1 Å². The molecule has 44 heavy (non-hydrogen) atoms. The molecule has 0 saturated carbocycles. The molecule has 0 aliphatic rings. The lowest BCUT2D eigenvalue weighted by Crippen LogP contribution is -2.50. The van der Waals surface area contributed by atoms with Crippen molar-refractivity contribution in [3.63, 3.8) is 0 Å². The Balaban J connectivity index is 4.42. The Kier molecular flexibility index (Phi) is 27.7. The third-order valence-corrected chi connectivity index (χ3v) is 8.26. The van der Waals surface area contributed by atoms with Crippen LogP contribution in [0.1, 0.15) is 162 Å². The van der Waals surface area contributed by atoms with Crippen molar-refractivity contribution in [3.8, 4) is 0 Å². The van der Waals surface area contributed by atoms with Crippen molar-refractivity contribution in [2.45, 2.75) is 174 Å². The van der Waals surface area contributed by atoms with Gasteiger partial charge in [-0.25, -0.2) is 4.79 Å². The molecule has 0 radical (unpaired) electrons. The Morgan fingerprint density at radius 1 is 0.591 bits per heavy atom. The number of hydrogen-bond acceptors (Lipinski definition) is 6. The zero-order chi connectivity index (χ0) is 32.9. The van der Waals surface area contributed by atoms with Gasteiger partial charge in [0.25, 0.3) is 0 Å². The molecular formula is C36H70NO7+. The standard InChI is InChI=1S/C36H69NO7/c1-6-8-10-12-14-16-17-18-19-21-23-25-27-35(39)44-32(30-42-29-28-33(36(40)41)37(3,4)5)31-43-34(38)26-24-22-20-15-13-11-9-7-2/h32-33H,6-31H2,1-5H3/p+1. The first-order chi connectivity index (χ1) is 21.1. The molecule has 0 aromatic heterocycles. The van der Waals surface area contributed by atoms with Crippen LogP contribution in [0.3, 0.4) is 0 Å². The fourth-order valence-corrected chi connectivity index (χ4v) is 5.38. The molecule has 0 heterocycles. The van der Waals surface area contributed by atoms with Gasteiger partial charge in [0.1, 0.15) is 6.61 Å². The third kappa shape index (κ3) is 26.7. The van der Waals surface area contributed by atoms with Gasteiger partial charge in [0.2, 0.25) is 0 Å². The van der Waals surface area contributed by atoms with Crippen LogP contribution in [0.2, 0.25) is 0 Å². The molecule has 0 aliphatic heterocycles. The number of unbranched alkanes of at least 4 members (excludes halogenated alkanes) is 18. The number of carboxylic acid groups (broad SMARTS) is 1. The van der Waals surface area contributed by atoms with E-state index in [9.17, 15) is 19.5 Å². The Bertz CT molecular complexity index is 707. The van der Waals surface area contributed by atoms with Crippen molar-refractivity contribution in [2.24, 2.45) is 0 Å². The number of nitrogens with zero attached hydrogens (tertiary/aromatic N) is 1. The minimum absolute atomic E-state index is 0.0439. The minimum Gasteiger partial charge on any atom is -0.477 e. The van der Waals surface area contributed by atoms with Gasteiger partial charge in [0, 0.05) is 19.3 Å². The molecule has 0 rings (SSSR count). The molecule has 0 aromatic carbocycles. The van der Waals surface area contributed by atoms with E-state index in [-0.39, 0.29) is 36.2 Å². The summed E-state index contributed by atoms with van der Waals surface area (Å²) in [6, 6.07) is -0.605. The molecule has 1 N–H and O–H groups in total. The number of likely N-dealkylation sites (N-methyl/N-ethyl adjacent to an activating group) is 1. The number of carbonyl (C=O) groups is 3. The van der Waals surface area contributed by atoms with Gasteiger partial charge in [-0.1, -0.05) is 129 Å². The van der Waals surface area contributed by atoms with E-state index in [1.807, 2.05) is 21.1 Å². The van der Waals surface area contributed by atoms with Gasteiger partial charge in [-0.05, 0) is 12.8 Å². The highest BCUT2D eigenvalue weighted by Crippen LogP contribution is 2.14. The van der Waals surface area contributed by atoms with E-state index < -0.39 is 18.1 Å². The van der Waals surface area contributed by atoms with Gasteiger partial charge < -0.3 is 23.8 Å². The van der Waals surface area contributed by atoms with Crippen molar-refractivity contribution in [1.29, 1.82) is 0 Å². The van der Waals surface area contributed by atoms with Crippen LogP contribution in [0.4, 0.5) is 0 Å². The molecule has 0 aliphatic carbocycles. The van der Waals surface area contributed by atoms with E-state index in [0.717, 1.165) is 38.5 Å². The largest absolute Gasteiger partial charge is 0.477 e. The maximum Gasteiger partial charge on any atom is 0.362 e. The average Bonchev–Trinajstić information content (AvgIpc) is 2.96. The Hall–Kier alpha value is -1.67. The molecular weight excluding hydrogens is 558 g/mol. The zero-order valence-electron chi connectivity index (χ0n) is 29.4. The van der Waals surface area contributed by atoms with Crippen molar-refractivity contribution in [2.75, 3.05) is 41.0 Å². The first-order valence-electron chi connectivity index (χ1n) is 18.1. The molecule has 8 heteroatoms. The average molecular weight is 629 g/mol. The third-order valence-electron chi connectivity index (χ3n) is 8.26. The fraction of sp³-hybridized carbons (Fsp3) is 0.917. The highest BCUT2D eigenvalue weighted by atomic mass is 16.6. The lowest BCUT2D eigenvalue weighted by molar-refractivity contribution is -0.887. The second kappa shape index (κ2) is 28.8. The van der Waals surface area contributed by atoms with Gasteiger partial charge in [-0.15, -0.1) is 0 Å². The van der Waals surface area contributed by atoms with E-state index in [0.29, 0.717) is 19.3 Å². The second-order valence-corrected chi connectivity index (χ2v) is 13.5. The zero-order valence-corrected chi connectivity index (χ0v) is 29.4. The first-order valence-corrected chi connectivity index (χ1v) is 18.1. The van der Waals surface area contributed by atoms with Crippen LogP contribution in [0.15, 0.2) is 0 Å². The molecule has 2 unspecified atom stereocenters. The Labute approximate surface area is 270 Å². The van der Waals surface area contributed by atoms with Crippen LogP contribution >= 0.6 is 0 Å². The summed E-state index contributed by atoms with van der Waals surface area (Å²) < 4.78 is 17.1. The van der Waals surface area contributed by atoms with Crippen LogP contribution in [0, 0.1) is 0 Å². The van der Waals surface area contributed by atoms with Gasteiger partial charge in [-0.2, -0.15) is 0 Å². The normalized spacial score (nSPS) is 13.0. The maximum absolute atomic E-state index is 12.6. The molecule has 8 nitrogen and oxygen atoms in total. The highest BCUT2D eigenvalue weighted by Gasteiger charge is 2.31. The van der Waals surface area contributed by atoms with Gasteiger partial charge in [0.05, 0.1) is 34.4 Å². The smallest absolute Gasteiger partial charge is 0.362 e. The van der Waals surface area contributed by atoms with E-state index in [1.165, 1.54) is 89.9 Å². The molecule has 0 saturated heterocycles. The van der Waals surface area contributed by atoms with Gasteiger partial charge >= 0.3 is 17.9 Å². The van der Waals surface area contributed by atoms with Crippen molar-refractivity contribution < 1.29 is 38.2 Å².